The van der Waals surface area contributed by atoms with Crippen LogP contribution in [0.1, 0.15) is 56.7 Å². The first kappa shape index (κ1) is 23.8. The maximum absolute atomic E-state index is 13.4. The van der Waals surface area contributed by atoms with E-state index in [9.17, 15) is 19.1 Å². The highest BCUT2D eigenvalue weighted by Gasteiger charge is 2.37. The normalized spacial score (nSPS) is 21.3. The third-order valence-corrected chi connectivity index (χ3v) is 6.12. The number of halogens is 2. The average molecular weight is 433 g/mol. The summed E-state index contributed by atoms with van der Waals surface area (Å²) in [7, 11) is 0. The zero-order valence-corrected chi connectivity index (χ0v) is 18.7. The molecule has 0 amide bonds. The molecular weight excluding hydrogens is 398 g/mol. The van der Waals surface area contributed by atoms with Crippen molar-refractivity contribution in [1.29, 1.82) is 0 Å². The van der Waals surface area contributed by atoms with E-state index in [-0.39, 0.29) is 5.41 Å². The molecule has 0 aromatic heterocycles. The lowest BCUT2D eigenvalue weighted by atomic mass is 9.79. The molecule has 2 unspecified atom stereocenters. The maximum atomic E-state index is 13.4. The Balaban J connectivity index is 1.71. The summed E-state index contributed by atoms with van der Waals surface area (Å²) in [6.45, 7) is 7.89. The van der Waals surface area contributed by atoms with Gasteiger partial charge in [0, 0.05) is 25.7 Å². The lowest BCUT2D eigenvalue weighted by molar-refractivity contribution is -0.129. The van der Waals surface area contributed by atoms with Gasteiger partial charge in [0.2, 0.25) is 0 Å². The number of rotatable bonds is 7. The van der Waals surface area contributed by atoms with Crippen LogP contribution in [0.5, 0.6) is 0 Å². The van der Waals surface area contributed by atoms with E-state index in [2.05, 4.69) is 44.3 Å². The highest BCUT2D eigenvalue weighted by atomic mass is 19.1. The third-order valence-electron chi connectivity index (χ3n) is 6.12. The van der Waals surface area contributed by atoms with Crippen LogP contribution in [0.3, 0.4) is 0 Å². The summed E-state index contributed by atoms with van der Waals surface area (Å²) in [5, 5.41) is 25.7. The van der Waals surface area contributed by atoms with Gasteiger partial charge in [0.25, 0.3) is 0 Å². The van der Waals surface area contributed by atoms with Crippen LogP contribution < -0.4 is 5.32 Å². The largest absolute Gasteiger partial charge is 0.392 e. The highest BCUT2D eigenvalue weighted by Crippen LogP contribution is 2.34. The van der Waals surface area contributed by atoms with Crippen LogP contribution in [0.15, 0.2) is 42.5 Å². The Hall–Kier alpha value is -1.86. The molecule has 170 valence electrons. The monoisotopic (exact) mass is 432 g/mol. The summed E-state index contributed by atoms with van der Waals surface area (Å²) < 4.78 is 26.8. The molecule has 4 nitrogen and oxygen atoms in total. The maximum Gasteiger partial charge on any atom is 0.126 e. The number of nitrogens with one attached hydrogen (secondary N) is 1. The van der Waals surface area contributed by atoms with Crippen LogP contribution in [0, 0.1) is 11.6 Å². The minimum absolute atomic E-state index is 0.00448. The summed E-state index contributed by atoms with van der Waals surface area (Å²) in [6, 6.07) is 11.9. The van der Waals surface area contributed by atoms with Gasteiger partial charge in [0.05, 0.1) is 11.6 Å². The zero-order valence-electron chi connectivity index (χ0n) is 18.7. The van der Waals surface area contributed by atoms with E-state index in [0.29, 0.717) is 38.0 Å². The molecule has 2 aromatic rings. The second kappa shape index (κ2) is 9.74. The van der Waals surface area contributed by atoms with E-state index in [4.69, 9.17) is 0 Å². The van der Waals surface area contributed by atoms with Crippen molar-refractivity contribution in [3.63, 3.8) is 0 Å². The molecule has 1 heterocycles. The molecule has 0 bridgehead atoms. The molecule has 0 radical (unpaired) electrons. The molecular formula is C25H34F2N2O2. The predicted octanol–water partition coefficient (Wildman–Crippen LogP) is 4.53. The molecule has 1 aliphatic heterocycles. The van der Waals surface area contributed by atoms with Gasteiger partial charge in [0.1, 0.15) is 11.6 Å². The highest BCUT2D eigenvalue weighted by molar-refractivity contribution is 5.34. The molecule has 3 N–H and O–H groups in total. The van der Waals surface area contributed by atoms with Crippen molar-refractivity contribution in [2.75, 3.05) is 19.6 Å². The Morgan fingerprint density at radius 1 is 1.13 bits per heavy atom. The summed E-state index contributed by atoms with van der Waals surface area (Å²) in [6.07, 6.45) is 1.78. The summed E-state index contributed by atoms with van der Waals surface area (Å²) in [5.41, 5.74) is 2.38. The van der Waals surface area contributed by atoms with E-state index >= 15 is 0 Å². The Kier molecular flexibility index (Phi) is 7.47. The van der Waals surface area contributed by atoms with Gasteiger partial charge >= 0.3 is 0 Å². The fraction of sp³-hybridized carbons (Fsp3) is 0.520. The van der Waals surface area contributed by atoms with Gasteiger partial charge < -0.3 is 15.6 Å². The summed E-state index contributed by atoms with van der Waals surface area (Å²) >= 11 is 0. The van der Waals surface area contributed by atoms with E-state index in [0.717, 1.165) is 24.5 Å². The van der Waals surface area contributed by atoms with Gasteiger partial charge in [-0.1, -0.05) is 45.0 Å². The number of hydroxylamine groups is 2. The minimum Gasteiger partial charge on any atom is -0.392 e. The van der Waals surface area contributed by atoms with Crippen LogP contribution in [0.25, 0.3) is 0 Å². The summed E-state index contributed by atoms with van der Waals surface area (Å²) in [4.78, 5) is 0. The van der Waals surface area contributed by atoms with Crippen molar-refractivity contribution in [2.45, 2.75) is 63.5 Å². The first-order chi connectivity index (χ1) is 14.6. The topological polar surface area (TPSA) is 55.7 Å². The number of hydrogen-bond donors (Lipinski definition) is 3. The Labute approximate surface area is 183 Å². The molecule has 0 aliphatic carbocycles. The van der Waals surface area contributed by atoms with Crippen molar-refractivity contribution >= 4 is 0 Å². The number of aliphatic hydroxyl groups is 1. The Morgan fingerprint density at radius 2 is 1.84 bits per heavy atom. The van der Waals surface area contributed by atoms with Crippen molar-refractivity contribution in [2.24, 2.45) is 0 Å². The van der Waals surface area contributed by atoms with Crippen molar-refractivity contribution in [3.8, 4) is 0 Å². The zero-order chi connectivity index (χ0) is 22.6. The van der Waals surface area contributed by atoms with E-state index in [1.807, 2.05) is 6.07 Å². The Bertz CT molecular complexity index is 864. The van der Waals surface area contributed by atoms with Crippen molar-refractivity contribution in [1.82, 2.24) is 10.4 Å². The number of benzene rings is 2. The van der Waals surface area contributed by atoms with Gasteiger partial charge in [0.15, 0.2) is 0 Å². The molecule has 3 rings (SSSR count). The average Bonchev–Trinajstić information content (AvgIpc) is 2.69. The number of aliphatic hydroxyl groups excluding tert-OH is 1. The number of nitrogens with zero attached hydrogens (tertiary/aromatic N) is 1. The van der Waals surface area contributed by atoms with Crippen LogP contribution in [0.4, 0.5) is 8.78 Å². The molecule has 31 heavy (non-hydrogen) atoms. The first-order valence-electron chi connectivity index (χ1n) is 11.0. The van der Waals surface area contributed by atoms with Crippen molar-refractivity contribution < 1.29 is 19.1 Å². The van der Waals surface area contributed by atoms with E-state index in [1.165, 1.54) is 22.8 Å². The van der Waals surface area contributed by atoms with Crippen LogP contribution in [-0.2, 0) is 17.4 Å². The SMILES string of the molecule is CC(C)(C)c1cccc(C2(NCC(O)CCc3cc(F)cc(F)c3)CCCN(O)C2)c1. The van der Waals surface area contributed by atoms with Crippen LogP contribution in [-0.4, -0.2) is 41.1 Å². The molecule has 0 saturated carbocycles. The molecule has 2 aromatic carbocycles. The van der Waals surface area contributed by atoms with E-state index in [1.54, 1.807) is 0 Å². The lowest BCUT2D eigenvalue weighted by Gasteiger charge is -2.42. The lowest BCUT2D eigenvalue weighted by Crippen LogP contribution is -2.55. The fourth-order valence-electron chi connectivity index (χ4n) is 4.30. The van der Waals surface area contributed by atoms with Crippen LogP contribution >= 0.6 is 0 Å². The molecule has 1 aliphatic rings. The predicted molar refractivity (Wildman–Crippen MR) is 118 cm³/mol. The van der Waals surface area contributed by atoms with Gasteiger partial charge in [-0.15, -0.1) is 0 Å². The molecule has 0 spiro atoms. The van der Waals surface area contributed by atoms with Gasteiger partial charge in [-0.2, -0.15) is 5.06 Å². The van der Waals surface area contributed by atoms with Gasteiger partial charge in [-0.25, -0.2) is 8.78 Å². The van der Waals surface area contributed by atoms with Gasteiger partial charge in [-0.3, -0.25) is 0 Å². The van der Waals surface area contributed by atoms with Gasteiger partial charge in [-0.05, 0) is 59.9 Å². The summed E-state index contributed by atoms with van der Waals surface area (Å²) in [5.74, 6) is -1.21. The standard InChI is InChI=1S/C25H34F2N2O2/c1-24(2,3)19-6-4-7-20(14-19)25(10-5-11-29(31)17-25)28-16-23(30)9-8-18-12-21(26)15-22(27)13-18/h4,6-7,12-15,23,28,30-31H,5,8-11,16-17H2,1-3H3. The first-order valence-corrected chi connectivity index (χ1v) is 11.0. The molecule has 6 heteroatoms. The van der Waals surface area contributed by atoms with E-state index < -0.39 is 23.3 Å². The minimum atomic E-state index is -0.678. The third kappa shape index (κ3) is 6.32. The number of hydrogen-bond acceptors (Lipinski definition) is 4. The molecule has 1 fully saturated rings. The number of aryl methyl sites for hydroxylation is 1. The Morgan fingerprint density at radius 3 is 2.48 bits per heavy atom. The quantitative estimate of drug-likeness (QED) is 0.602. The number of piperidine rings is 1. The molecule has 2 atom stereocenters. The smallest absolute Gasteiger partial charge is 0.126 e. The molecule has 1 saturated heterocycles. The fourth-order valence-corrected chi connectivity index (χ4v) is 4.30. The second-order valence-corrected chi connectivity index (χ2v) is 9.76. The van der Waals surface area contributed by atoms with Crippen molar-refractivity contribution in [3.05, 3.63) is 70.8 Å². The van der Waals surface area contributed by atoms with Crippen LogP contribution in [0.2, 0.25) is 0 Å². The second-order valence-electron chi connectivity index (χ2n) is 9.76.